The fourth-order valence-corrected chi connectivity index (χ4v) is 5.31. The van der Waals surface area contributed by atoms with Gasteiger partial charge in [-0.25, -0.2) is 9.59 Å². The Morgan fingerprint density at radius 2 is 1.32 bits per heavy atom. The van der Waals surface area contributed by atoms with Gasteiger partial charge in [0.25, 0.3) is 0 Å². The average molecular weight is 547 g/mol. The molecule has 0 amide bonds. The van der Waals surface area contributed by atoms with E-state index in [1.54, 1.807) is 24.3 Å². The third-order valence-electron chi connectivity index (χ3n) is 7.70. The van der Waals surface area contributed by atoms with Crippen molar-refractivity contribution in [3.63, 3.8) is 0 Å². The molecule has 0 aromatic heterocycles. The summed E-state index contributed by atoms with van der Waals surface area (Å²) >= 11 is 0. The lowest BCUT2D eigenvalue weighted by Crippen LogP contribution is -2.23. The highest BCUT2D eigenvalue weighted by Gasteiger charge is 2.41. The van der Waals surface area contributed by atoms with Gasteiger partial charge in [0.2, 0.25) is 0 Å². The molecule has 0 heterocycles. The molecule has 0 bridgehead atoms. The maximum Gasteiger partial charge on any atom is 0.365 e. The zero-order valence-corrected chi connectivity index (χ0v) is 23.9. The van der Waals surface area contributed by atoms with Crippen molar-refractivity contribution in [2.75, 3.05) is 0 Å². The Labute approximate surface area is 241 Å². The van der Waals surface area contributed by atoms with Gasteiger partial charge in [-0.2, -0.15) is 0 Å². The number of oxime groups is 2. The smallest absolute Gasteiger partial charge is 0.313 e. The van der Waals surface area contributed by atoms with Gasteiger partial charge in [0.1, 0.15) is 0 Å². The lowest BCUT2D eigenvalue weighted by atomic mass is 9.73. The van der Waals surface area contributed by atoms with Crippen molar-refractivity contribution in [2.24, 2.45) is 10.3 Å². The summed E-state index contributed by atoms with van der Waals surface area (Å²) in [6.07, 6.45) is 6.20. The molecule has 6 nitrogen and oxygen atoms in total. The van der Waals surface area contributed by atoms with Gasteiger partial charge in [-0.15, -0.1) is 0 Å². The molecule has 1 aliphatic carbocycles. The van der Waals surface area contributed by atoms with E-state index < -0.39 is 11.9 Å². The van der Waals surface area contributed by atoms with Crippen LogP contribution in [0.1, 0.15) is 73.1 Å². The van der Waals surface area contributed by atoms with E-state index >= 15 is 0 Å². The fraction of sp³-hybridized carbons (Fsp3) is 0.200. The number of hydrogen-bond acceptors (Lipinski definition) is 6. The molecule has 0 unspecified atom stereocenters. The van der Waals surface area contributed by atoms with Crippen molar-refractivity contribution in [3.05, 3.63) is 132 Å². The number of rotatable bonds is 10. The summed E-state index contributed by atoms with van der Waals surface area (Å²) in [6.45, 7) is 15.3. The van der Waals surface area contributed by atoms with Gasteiger partial charge in [0.15, 0.2) is 0 Å². The zero-order chi connectivity index (χ0) is 29.6. The molecule has 0 saturated heterocycles. The molecular formula is C35H34N2O4. The van der Waals surface area contributed by atoms with E-state index in [-0.39, 0.29) is 11.0 Å². The second kappa shape index (κ2) is 12.6. The first-order chi connectivity index (χ1) is 19.8. The summed E-state index contributed by atoms with van der Waals surface area (Å²) in [5.41, 5.74) is 8.21. The maximum atomic E-state index is 12.4. The van der Waals surface area contributed by atoms with Crippen molar-refractivity contribution in [1.29, 1.82) is 0 Å². The molecule has 3 aromatic rings. The molecular weight excluding hydrogens is 512 g/mol. The van der Waals surface area contributed by atoms with Crippen LogP contribution in [0, 0.1) is 0 Å². The number of nitrogens with zero attached hydrogens (tertiary/aromatic N) is 2. The van der Waals surface area contributed by atoms with Crippen LogP contribution in [-0.4, -0.2) is 23.4 Å². The highest BCUT2D eigenvalue weighted by atomic mass is 16.7. The second-order valence-corrected chi connectivity index (χ2v) is 9.85. The van der Waals surface area contributed by atoms with E-state index in [0.29, 0.717) is 17.0 Å². The molecule has 0 aliphatic heterocycles. The van der Waals surface area contributed by atoms with Crippen LogP contribution in [0.3, 0.4) is 0 Å². The van der Waals surface area contributed by atoms with Gasteiger partial charge in [0, 0.05) is 5.41 Å². The molecule has 0 radical (unpaired) electrons. The number of hydrogen-bond donors (Lipinski definition) is 0. The summed E-state index contributed by atoms with van der Waals surface area (Å²) in [5.74, 6) is -1.09. The summed E-state index contributed by atoms with van der Waals surface area (Å²) in [6, 6.07) is 21.3. The Kier molecular flexibility index (Phi) is 8.93. The lowest BCUT2D eigenvalue weighted by molar-refractivity contribution is -0.138. The quantitative estimate of drug-likeness (QED) is 0.0851. The van der Waals surface area contributed by atoms with E-state index in [2.05, 4.69) is 61.6 Å². The van der Waals surface area contributed by atoms with Crippen LogP contribution < -0.4 is 0 Å². The van der Waals surface area contributed by atoms with Crippen LogP contribution >= 0.6 is 0 Å². The van der Waals surface area contributed by atoms with Gasteiger partial charge >= 0.3 is 11.9 Å². The molecule has 0 N–H and O–H groups in total. The van der Waals surface area contributed by atoms with Crippen LogP contribution in [0.5, 0.6) is 0 Å². The molecule has 0 saturated carbocycles. The normalized spacial score (nSPS) is 14.1. The summed E-state index contributed by atoms with van der Waals surface area (Å²) in [5, 5.41) is 8.24. The second-order valence-electron chi connectivity index (χ2n) is 9.85. The molecule has 0 atom stereocenters. The highest BCUT2D eigenvalue weighted by Crippen LogP contribution is 2.53. The third-order valence-corrected chi connectivity index (χ3v) is 7.70. The number of allylic oxidation sites excluding steroid dienone is 2. The van der Waals surface area contributed by atoms with Crippen molar-refractivity contribution < 1.29 is 19.3 Å². The number of fused-ring (bicyclic) bond motifs is 3. The Morgan fingerprint density at radius 3 is 1.80 bits per heavy atom. The number of benzene rings is 3. The van der Waals surface area contributed by atoms with Crippen LogP contribution in [0.15, 0.2) is 114 Å². The first-order valence-electron chi connectivity index (χ1n) is 13.6. The first kappa shape index (κ1) is 29.2. The van der Waals surface area contributed by atoms with Crippen molar-refractivity contribution in [1.82, 2.24) is 0 Å². The first-order valence-corrected chi connectivity index (χ1v) is 13.6. The van der Waals surface area contributed by atoms with Crippen LogP contribution in [0.2, 0.25) is 0 Å². The highest BCUT2D eigenvalue weighted by molar-refractivity contribution is 6.02. The predicted octanol–water partition coefficient (Wildman–Crippen LogP) is 7.92. The monoisotopic (exact) mass is 546 g/mol. The summed E-state index contributed by atoms with van der Waals surface area (Å²) in [7, 11) is 0. The minimum Gasteiger partial charge on any atom is -0.313 e. The molecule has 41 heavy (non-hydrogen) atoms. The third kappa shape index (κ3) is 5.73. The number of carbonyl (C=O) groups is 2. The zero-order valence-electron chi connectivity index (χ0n) is 23.9. The lowest BCUT2D eigenvalue weighted by Gasteiger charge is -2.30. The maximum absolute atomic E-state index is 12.4. The molecule has 208 valence electrons. The number of carbonyl (C=O) groups excluding carboxylic acids is 2. The van der Waals surface area contributed by atoms with Gasteiger partial charge in [0.05, 0.1) is 22.6 Å². The predicted molar refractivity (Wildman–Crippen MR) is 164 cm³/mol. The Bertz CT molecular complexity index is 1590. The van der Waals surface area contributed by atoms with Crippen molar-refractivity contribution in [2.45, 2.75) is 46.0 Å². The fourth-order valence-electron chi connectivity index (χ4n) is 5.31. The molecule has 0 spiro atoms. The standard InChI is InChI=1S/C35H34N2O4/c1-7-14-25(8-2)33(38)40-36-23(5)27-17-19-29-30-20-18-28(22-32(30)35(9-3,10-4)31(29)21-27)24(6)37-41-34(39)26-15-12-11-13-16-26/h7-8,11-22H,1-2,9-10H2,3-6H3/b25-14+,36-23+,37-24+. The molecule has 1 aliphatic rings. The molecule has 4 rings (SSSR count). The van der Waals surface area contributed by atoms with Crippen LogP contribution in [-0.2, 0) is 19.9 Å². The Hall–Kier alpha value is -4.84. The molecule has 0 fully saturated rings. The van der Waals surface area contributed by atoms with Gasteiger partial charge < -0.3 is 9.68 Å². The van der Waals surface area contributed by atoms with Crippen molar-refractivity contribution in [3.8, 4) is 11.1 Å². The average Bonchev–Trinajstić information content (AvgIpc) is 3.29. The molecule has 3 aromatic carbocycles. The van der Waals surface area contributed by atoms with Gasteiger partial charge in [-0.1, -0.05) is 91.9 Å². The SMILES string of the molecule is C=C/C=C(\C=C)C(=O)O/N=C(\C)c1ccc2c(c1)C(CC)(CC)c1cc(/C(C)=N/OC(=O)c3ccccc3)ccc1-2. The largest absolute Gasteiger partial charge is 0.365 e. The van der Waals surface area contributed by atoms with E-state index in [1.165, 1.54) is 34.9 Å². The minimum atomic E-state index is -0.594. The molecule has 6 heteroatoms. The van der Waals surface area contributed by atoms with E-state index in [4.69, 9.17) is 9.68 Å². The van der Waals surface area contributed by atoms with Gasteiger partial charge in [-0.3, -0.25) is 0 Å². The van der Waals surface area contributed by atoms with E-state index in [0.717, 1.165) is 29.5 Å². The van der Waals surface area contributed by atoms with Crippen LogP contribution in [0.4, 0.5) is 0 Å². The Morgan fingerprint density at radius 1 is 0.780 bits per heavy atom. The summed E-state index contributed by atoms with van der Waals surface area (Å²) < 4.78 is 0. The van der Waals surface area contributed by atoms with Gasteiger partial charge in [-0.05, 0) is 90.4 Å². The van der Waals surface area contributed by atoms with Crippen molar-refractivity contribution >= 4 is 23.4 Å². The summed E-state index contributed by atoms with van der Waals surface area (Å²) in [4.78, 5) is 35.1. The minimum absolute atomic E-state index is 0.225. The topological polar surface area (TPSA) is 77.3 Å². The van der Waals surface area contributed by atoms with E-state index in [1.807, 2.05) is 32.0 Å². The van der Waals surface area contributed by atoms with Crippen LogP contribution in [0.25, 0.3) is 11.1 Å². The Balaban J connectivity index is 1.65. The van der Waals surface area contributed by atoms with E-state index in [9.17, 15) is 9.59 Å².